The van der Waals surface area contributed by atoms with E-state index in [0.717, 1.165) is 31.4 Å². The van der Waals surface area contributed by atoms with Gasteiger partial charge in [0.15, 0.2) is 0 Å². The third-order valence-electron chi connectivity index (χ3n) is 3.74. The van der Waals surface area contributed by atoms with Crippen LogP contribution in [0.25, 0.3) is 0 Å². The fraction of sp³-hybridized carbons (Fsp3) is 0.667. The van der Waals surface area contributed by atoms with Crippen molar-refractivity contribution in [1.82, 2.24) is 10.6 Å². The van der Waals surface area contributed by atoms with Crippen LogP contribution in [0.2, 0.25) is 0 Å². The zero-order valence-electron chi connectivity index (χ0n) is 11.7. The van der Waals surface area contributed by atoms with Gasteiger partial charge in [0, 0.05) is 18.5 Å². The SMILES string of the molecule is CC(CCc1ccco1)NCC(=O)NC1CCCC1. The van der Waals surface area contributed by atoms with Gasteiger partial charge in [-0.2, -0.15) is 0 Å². The average molecular weight is 264 g/mol. The highest BCUT2D eigenvalue weighted by Crippen LogP contribution is 2.17. The standard InChI is InChI=1S/C15H24N2O2/c1-12(8-9-14-7-4-10-19-14)16-11-15(18)17-13-5-2-3-6-13/h4,7,10,12-13,16H,2-3,5-6,8-9,11H2,1H3,(H,17,18). The number of hydrogen-bond acceptors (Lipinski definition) is 3. The summed E-state index contributed by atoms with van der Waals surface area (Å²) in [4.78, 5) is 11.7. The van der Waals surface area contributed by atoms with Crippen LogP contribution >= 0.6 is 0 Å². The highest BCUT2D eigenvalue weighted by molar-refractivity contribution is 5.78. The van der Waals surface area contributed by atoms with E-state index in [1.165, 1.54) is 12.8 Å². The van der Waals surface area contributed by atoms with Gasteiger partial charge in [-0.3, -0.25) is 4.79 Å². The summed E-state index contributed by atoms with van der Waals surface area (Å²) < 4.78 is 5.29. The van der Waals surface area contributed by atoms with Gasteiger partial charge in [0.25, 0.3) is 0 Å². The molecule has 1 atom stereocenters. The number of amides is 1. The van der Waals surface area contributed by atoms with E-state index in [-0.39, 0.29) is 5.91 Å². The Morgan fingerprint density at radius 2 is 2.26 bits per heavy atom. The molecule has 106 valence electrons. The molecule has 1 amide bonds. The lowest BCUT2D eigenvalue weighted by Gasteiger charge is -2.15. The fourth-order valence-corrected chi connectivity index (χ4v) is 2.53. The number of nitrogens with one attached hydrogen (secondary N) is 2. The maximum absolute atomic E-state index is 11.7. The molecule has 0 spiro atoms. The van der Waals surface area contributed by atoms with Crippen LogP contribution in [0.1, 0.15) is 44.8 Å². The van der Waals surface area contributed by atoms with Gasteiger partial charge in [-0.15, -0.1) is 0 Å². The zero-order valence-corrected chi connectivity index (χ0v) is 11.7. The van der Waals surface area contributed by atoms with E-state index >= 15 is 0 Å². The van der Waals surface area contributed by atoms with E-state index in [0.29, 0.717) is 18.6 Å². The van der Waals surface area contributed by atoms with Crippen LogP contribution in [0, 0.1) is 0 Å². The fourth-order valence-electron chi connectivity index (χ4n) is 2.53. The lowest BCUT2D eigenvalue weighted by atomic mass is 10.1. The smallest absolute Gasteiger partial charge is 0.234 e. The van der Waals surface area contributed by atoms with E-state index in [9.17, 15) is 4.79 Å². The molecule has 4 heteroatoms. The zero-order chi connectivity index (χ0) is 13.5. The van der Waals surface area contributed by atoms with Crippen molar-refractivity contribution in [2.75, 3.05) is 6.54 Å². The Morgan fingerprint density at radius 3 is 2.95 bits per heavy atom. The summed E-state index contributed by atoms with van der Waals surface area (Å²) in [5.41, 5.74) is 0. The molecule has 1 fully saturated rings. The summed E-state index contributed by atoms with van der Waals surface area (Å²) in [7, 11) is 0. The molecule has 19 heavy (non-hydrogen) atoms. The summed E-state index contributed by atoms with van der Waals surface area (Å²) in [6.07, 6.45) is 8.35. The Kier molecular flexibility index (Phi) is 5.45. The van der Waals surface area contributed by atoms with Crippen molar-refractivity contribution in [3.8, 4) is 0 Å². The van der Waals surface area contributed by atoms with Crippen LogP contribution in [-0.4, -0.2) is 24.5 Å². The Labute approximate surface area is 114 Å². The summed E-state index contributed by atoms with van der Waals surface area (Å²) in [5, 5.41) is 6.35. The first-order valence-corrected chi connectivity index (χ1v) is 7.29. The lowest BCUT2D eigenvalue weighted by Crippen LogP contribution is -2.41. The van der Waals surface area contributed by atoms with Crippen molar-refractivity contribution in [1.29, 1.82) is 0 Å². The van der Waals surface area contributed by atoms with Crippen molar-refractivity contribution < 1.29 is 9.21 Å². The Balaban J connectivity index is 1.57. The van der Waals surface area contributed by atoms with Gasteiger partial charge >= 0.3 is 0 Å². The second-order valence-corrected chi connectivity index (χ2v) is 5.45. The number of carbonyl (C=O) groups excluding carboxylic acids is 1. The predicted molar refractivity (Wildman–Crippen MR) is 74.9 cm³/mol. The normalized spacial score (nSPS) is 17.5. The van der Waals surface area contributed by atoms with Crippen LogP contribution in [0.4, 0.5) is 0 Å². The molecule has 1 aromatic rings. The van der Waals surface area contributed by atoms with Gasteiger partial charge in [-0.05, 0) is 38.3 Å². The van der Waals surface area contributed by atoms with E-state index in [4.69, 9.17) is 4.42 Å². The number of aryl methyl sites for hydroxylation is 1. The van der Waals surface area contributed by atoms with E-state index in [1.54, 1.807) is 6.26 Å². The average Bonchev–Trinajstić information content (AvgIpc) is 3.06. The van der Waals surface area contributed by atoms with Crippen LogP contribution in [0.3, 0.4) is 0 Å². The summed E-state index contributed by atoms with van der Waals surface area (Å²) >= 11 is 0. The monoisotopic (exact) mass is 264 g/mol. The maximum Gasteiger partial charge on any atom is 0.234 e. The molecule has 2 N–H and O–H groups in total. The molecule has 0 saturated heterocycles. The topological polar surface area (TPSA) is 54.3 Å². The highest BCUT2D eigenvalue weighted by atomic mass is 16.3. The first kappa shape index (κ1) is 14.1. The molecular formula is C15H24N2O2. The third kappa shape index (κ3) is 5.07. The minimum atomic E-state index is 0.122. The summed E-state index contributed by atoms with van der Waals surface area (Å²) in [6, 6.07) is 4.62. The van der Waals surface area contributed by atoms with Crippen molar-refractivity contribution >= 4 is 5.91 Å². The molecule has 4 nitrogen and oxygen atoms in total. The first-order valence-electron chi connectivity index (χ1n) is 7.29. The molecular weight excluding hydrogens is 240 g/mol. The molecule has 1 saturated carbocycles. The van der Waals surface area contributed by atoms with Crippen molar-refractivity contribution in [2.45, 2.75) is 57.5 Å². The number of furan rings is 1. The van der Waals surface area contributed by atoms with E-state index in [2.05, 4.69) is 17.6 Å². The van der Waals surface area contributed by atoms with E-state index in [1.807, 2.05) is 12.1 Å². The molecule has 1 unspecified atom stereocenters. The predicted octanol–water partition coefficient (Wildman–Crippen LogP) is 2.25. The first-order chi connectivity index (χ1) is 9.24. The molecule has 1 aliphatic rings. The van der Waals surface area contributed by atoms with Crippen LogP contribution in [0.5, 0.6) is 0 Å². The van der Waals surface area contributed by atoms with Gasteiger partial charge in [0.05, 0.1) is 12.8 Å². The molecule has 2 rings (SSSR count). The third-order valence-corrected chi connectivity index (χ3v) is 3.74. The minimum absolute atomic E-state index is 0.122. The van der Waals surface area contributed by atoms with Gasteiger partial charge in [0.2, 0.25) is 5.91 Å². The molecule has 0 bridgehead atoms. The number of hydrogen-bond donors (Lipinski definition) is 2. The Bertz CT molecular complexity index is 370. The van der Waals surface area contributed by atoms with Crippen molar-refractivity contribution in [2.24, 2.45) is 0 Å². The van der Waals surface area contributed by atoms with Gasteiger partial charge < -0.3 is 15.1 Å². The second kappa shape index (κ2) is 7.34. The highest BCUT2D eigenvalue weighted by Gasteiger charge is 2.17. The number of rotatable bonds is 7. The summed E-state index contributed by atoms with van der Waals surface area (Å²) in [5.74, 6) is 1.13. The minimum Gasteiger partial charge on any atom is -0.469 e. The van der Waals surface area contributed by atoms with E-state index < -0.39 is 0 Å². The van der Waals surface area contributed by atoms with Gasteiger partial charge in [-0.25, -0.2) is 0 Å². The van der Waals surface area contributed by atoms with Crippen molar-refractivity contribution in [3.63, 3.8) is 0 Å². The largest absolute Gasteiger partial charge is 0.469 e. The molecule has 1 heterocycles. The lowest BCUT2D eigenvalue weighted by molar-refractivity contribution is -0.121. The Morgan fingerprint density at radius 1 is 1.47 bits per heavy atom. The molecule has 0 aromatic carbocycles. The quantitative estimate of drug-likeness (QED) is 0.794. The number of carbonyl (C=O) groups is 1. The Hall–Kier alpha value is -1.29. The molecule has 0 aliphatic heterocycles. The van der Waals surface area contributed by atoms with Crippen molar-refractivity contribution in [3.05, 3.63) is 24.2 Å². The van der Waals surface area contributed by atoms with Crippen LogP contribution in [-0.2, 0) is 11.2 Å². The molecule has 1 aromatic heterocycles. The van der Waals surface area contributed by atoms with Crippen LogP contribution in [0.15, 0.2) is 22.8 Å². The second-order valence-electron chi connectivity index (χ2n) is 5.45. The van der Waals surface area contributed by atoms with Crippen LogP contribution < -0.4 is 10.6 Å². The van der Waals surface area contributed by atoms with Gasteiger partial charge in [-0.1, -0.05) is 12.8 Å². The van der Waals surface area contributed by atoms with Gasteiger partial charge in [0.1, 0.15) is 5.76 Å². The molecule has 0 radical (unpaired) electrons. The maximum atomic E-state index is 11.7. The molecule has 1 aliphatic carbocycles. The summed E-state index contributed by atoms with van der Waals surface area (Å²) in [6.45, 7) is 2.52.